The zero-order chi connectivity index (χ0) is 21.3. The summed E-state index contributed by atoms with van der Waals surface area (Å²) in [4.78, 5) is 27.5. The van der Waals surface area contributed by atoms with E-state index in [0.29, 0.717) is 27.6 Å². The quantitative estimate of drug-likeness (QED) is 0.368. The van der Waals surface area contributed by atoms with Gasteiger partial charge in [0, 0.05) is 16.3 Å². The van der Waals surface area contributed by atoms with Crippen LogP contribution >= 0.6 is 11.6 Å². The third-order valence-electron chi connectivity index (χ3n) is 4.99. The highest BCUT2D eigenvalue weighted by Crippen LogP contribution is 2.43. The Morgan fingerprint density at radius 1 is 0.967 bits per heavy atom. The van der Waals surface area contributed by atoms with Crippen molar-refractivity contribution < 1.29 is 19.4 Å². The maximum atomic E-state index is 13.1. The number of anilines is 1. The Morgan fingerprint density at radius 2 is 1.70 bits per heavy atom. The predicted octanol–water partition coefficient (Wildman–Crippen LogP) is 4.97. The smallest absolute Gasteiger partial charge is 0.300 e. The molecular weight excluding hydrogens is 402 g/mol. The number of hydrogen-bond acceptors (Lipinski definition) is 4. The van der Waals surface area contributed by atoms with Gasteiger partial charge >= 0.3 is 0 Å². The highest BCUT2D eigenvalue weighted by molar-refractivity contribution is 6.51. The van der Waals surface area contributed by atoms with Crippen molar-refractivity contribution in [2.24, 2.45) is 0 Å². The van der Waals surface area contributed by atoms with E-state index in [9.17, 15) is 14.7 Å². The molecule has 1 saturated heterocycles. The van der Waals surface area contributed by atoms with Crippen molar-refractivity contribution in [3.63, 3.8) is 0 Å². The maximum Gasteiger partial charge on any atom is 0.300 e. The van der Waals surface area contributed by atoms with Crippen molar-refractivity contribution >= 4 is 34.7 Å². The maximum absolute atomic E-state index is 13.1. The summed E-state index contributed by atoms with van der Waals surface area (Å²) in [5, 5.41) is 11.4. The molecule has 0 spiro atoms. The zero-order valence-corrected chi connectivity index (χ0v) is 16.8. The molecule has 1 fully saturated rings. The molecule has 1 N–H and O–H groups in total. The van der Waals surface area contributed by atoms with Gasteiger partial charge in [0.05, 0.1) is 18.7 Å². The number of halogens is 1. The van der Waals surface area contributed by atoms with Crippen LogP contribution in [0.3, 0.4) is 0 Å². The first-order chi connectivity index (χ1) is 14.5. The molecule has 0 radical (unpaired) electrons. The second-order valence-corrected chi connectivity index (χ2v) is 7.23. The second kappa shape index (κ2) is 8.05. The van der Waals surface area contributed by atoms with Crippen LogP contribution in [0.4, 0.5) is 5.69 Å². The molecule has 0 unspecified atom stereocenters. The molecule has 5 nitrogen and oxygen atoms in total. The number of ether oxygens (including phenoxy) is 1. The van der Waals surface area contributed by atoms with E-state index in [1.54, 1.807) is 78.9 Å². The van der Waals surface area contributed by atoms with Crippen molar-refractivity contribution in [1.82, 2.24) is 0 Å². The molecule has 150 valence electrons. The van der Waals surface area contributed by atoms with Crippen LogP contribution in [0.15, 0.2) is 84.4 Å². The third kappa shape index (κ3) is 3.44. The van der Waals surface area contributed by atoms with Crippen LogP contribution in [-0.4, -0.2) is 23.9 Å². The van der Waals surface area contributed by atoms with Crippen molar-refractivity contribution in [3.8, 4) is 5.75 Å². The molecule has 3 aromatic carbocycles. The molecule has 1 atom stereocenters. The normalized spacial score (nSPS) is 17.9. The van der Waals surface area contributed by atoms with Crippen molar-refractivity contribution in [3.05, 3.63) is 101 Å². The Bertz CT molecular complexity index is 1160. The second-order valence-electron chi connectivity index (χ2n) is 6.79. The summed E-state index contributed by atoms with van der Waals surface area (Å²) < 4.78 is 5.32. The fraction of sp³-hybridized carbons (Fsp3) is 0.0833. The average Bonchev–Trinajstić information content (AvgIpc) is 3.04. The number of Topliss-reactive ketones (excluding diaryl/α,β-unsaturated/α-hetero) is 1. The summed E-state index contributed by atoms with van der Waals surface area (Å²) in [5.74, 6) is -1.15. The van der Waals surface area contributed by atoms with Gasteiger partial charge in [-0.3, -0.25) is 14.5 Å². The Hall–Kier alpha value is -3.57. The van der Waals surface area contributed by atoms with E-state index >= 15 is 0 Å². The number of methoxy groups -OCH3 is 1. The molecular formula is C24H18ClNO4. The molecule has 6 heteroatoms. The van der Waals surface area contributed by atoms with Crippen LogP contribution in [0.25, 0.3) is 5.76 Å². The Kier molecular flexibility index (Phi) is 5.29. The van der Waals surface area contributed by atoms with Gasteiger partial charge in [-0.25, -0.2) is 0 Å². The molecule has 0 saturated carbocycles. The largest absolute Gasteiger partial charge is 0.507 e. The lowest BCUT2D eigenvalue weighted by atomic mass is 9.95. The lowest BCUT2D eigenvalue weighted by Gasteiger charge is -2.25. The molecule has 0 aliphatic carbocycles. The van der Waals surface area contributed by atoms with Crippen molar-refractivity contribution in [1.29, 1.82) is 0 Å². The van der Waals surface area contributed by atoms with Crippen LogP contribution in [-0.2, 0) is 9.59 Å². The lowest BCUT2D eigenvalue weighted by Crippen LogP contribution is -2.29. The number of aliphatic hydroxyl groups excluding tert-OH is 1. The number of nitrogens with zero attached hydrogens (tertiary/aromatic N) is 1. The fourth-order valence-corrected chi connectivity index (χ4v) is 3.79. The van der Waals surface area contributed by atoms with Gasteiger partial charge in [0.2, 0.25) is 0 Å². The van der Waals surface area contributed by atoms with Gasteiger partial charge in [0.15, 0.2) is 0 Å². The minimum absolute atomic E-state index is 0.0134. The summed E-state index contributed by atoms with van der Waals surface area (Å²) >= 11 is 6.14. The van der Waals surface area contributed by atoms with E-state index in [0.717, 1.165) is 0 Å². The Morgan fingerprint density at radius 3 is 2.40 bits per heavy atom. The van der Waals surface area contributed by atoms with Crippen LogP contribution in [0.5, 0.6) is 5.75 Å². The van der Waals surface area contributed by atoms with Gasteiger partial charge in [-0.1, -0.05) is 60.1 Å². The summed E-state index contributed by atoms with van der Waals surface area (Å²) in [5.41, 5.74) is 1.56. The predicted molar refractivity (Wildman–Crippen MR) is 116 cm³/mol. The standard InChI is InChI=1S/C24H18ClNO4/c1-30-19-12-5-9-16(13-19)21-20(22(27)15-7-3-2-4-8-15)23(28)24(29)26(21)18-11-6-10-17(25)14-18/h2-14,21,27H,1H3/b22-20+/t21-/m0/s1. The molecule has 1 amide bonds. The summed E-state index contributed by atoms with van der Waals surface area (Å²) in [7, 11) is 1.54. The first-order valence-corrected chi connectivity index (χ1v) is 9.65. The minimum Gasteiger partial charge on any atom is -0.507 e. The number of ketones is 1. The molecule has 0 bridgehead atoms. The number of carbonyl (C=O) groups excluding carboxylic acids is 2. The molecule has 30 heavy (non-hydrogen) atoms. The molecule has 3 aromatic rings. The number of hydrogen-bond donors (Lipinski definition) is 1. The van der Waals surface area contributed by atoms with Gasteiger partial charge < -0.3 is 9.84 Å². The van der Waals surface area contributed by atoms with Crippen LogP contribution in [0.1, 0.15) is 17.2 Å². The zero-order valence-electron chi connectivity index (χ0n) is 16.1. The van der Waals surface area contributed by atoms with Crippen molar-refractivity contribution in [2.75, 3.05) is 12.0 Å². The number of aliphatic hydroxyl groups is 1. The van der Waals surface area contributed by atoms with Gasteiger partial charge in [-0.15, -0.1) is 0 Å². The SMILES string of the molecule is COc1cccc([C@H]2/C(=C(\O)c3ccccc3)C(=O)C(=O)N2c2cccc(Cl)c2)c1. The van der Waals surface area contributed by atoms with E-state index in [4.69, 9.17) is 16.3 Å². The summed E-state index contributed by atoms with van der Waals surface area (Å²) in [6.07, 6.45) is 0. The Labute approximate surface area is 178 Å². The molecule has 1 aliphatic heterocycles. The molecule has 1 aliphatic rings. The first kappa shape index (κ1) is 19.7. The number of carbonyl (C=O) groups is 2. The van der Waals surface area contributed by atoms with E-state index in [1.165, 1.54) is 12.0 Å². The van der Waals surface area contributed by atoms with Crippen LogP contribution in [0, 0.1) is 0 Å². The topological polar surface area (TPSA) is 66.8 Å². The van der Waals surface area contributed by atoms with E-state index in [2.05, 4.69) is 0 Å². The average molecular weight is 420 g/mol. The highest BCUT2D eigenvalue weighted by Gasteiger charge is 2.47. The summed E-state index contributed by atoms with van der Waals surface area (Å²) in [6, 6.07) is 21.6. The Balaban J connectivity index is 1.97. The van der Waals surface area contributed by atoms with E-state index in [-0.39, 0.29) is 11.3 Å². The van der Waals surface area contributed by atoms with E-state index < -0.39 is 17.7 Å². The van der Waals surface area contributed by atoms with Gasteiger partial charge in [0.1, 0.15) is 11.5 Å². The van der Waals surface area contributed by atoms with Gasteiger partial charge in [-0.2, -0.15) is 0 Å². The van der Waals surface area contributed by atoms with Crippen LogP contribution in [0.2, 0.25) is 5.02 Å². The third-order valence-corrected chi connectivity index (χ3v) is 5.22. The number of amides is 1. The first-order valence-electron chi connectivity index (χ1n) is 9.27. The number of rotatable bonds is 4. The molecule has 1 heterocycles. The number of benzene rings is 3. The van der Waals surface area contributed by atoms with Gasteiger partial charge in [0.25, 0.3) is 11.7 Å². The van der Waals surface area contributed by atoms with Crippen molar-refractivity contribution in [2.45, 2.75) is 6.04 Å². The molecule has 4 rings (SSSR count). The molecule has 0 aromatic heterocycles. The van der Waals surface area contributed by atoms with Crippen LogP contribution < -0.4 is 9.64 Å². The lowest BCUT2D eigenvalue weighted by molar-refractivity contribution is -0.132. The summed E-state index contributed by atoms with van der Waals surface area (Å²) in [6.45, 7) is 0. The van der Waals surface area contributed by atoms with Gasteiger partial charge in [-0.05, 0) is 35.9 Å². The monoisotopic (exact) mass is 419 g/mol. The highest BCUT2D eigenvalue weighted by atomic mass is 35.5. The fourth-order valence-electron chi connectivity index (χ4n) is 3.60. The van der Waals surface area contributed by atoms with E-state index in [1.807, 2.05) is 0 Å². The minimum atomic E-state index is -0.834.